The molecule has 25 heavy (non-hydrogen) atoms. The molecule has 4 rings (SSSR count). The summed E-state index contributed by atoms with van der Waals surface area (Å²) < 4.78 is 20.6. The van der Waals surface area contributed by atoms with Crippen molar-refractivity contribution < 1.29 is 19.3 Å². The van der Waals surface area contributed by atoms with E-state index in [2.05, 4.69) is 9.97 Å². The van der Waals surface area contributed by atoms with E-state index in [1.54, 1.807) is 0 Å². The predicted molar refractivity (Wildman–Crippen MR) is 88.7 cm³/mol. The maximum atomic E-state index is 13.0. The van der Waals surface area contributed by atoms with Gasteiger partial charge >= 0.3 is 0 Å². The summed E-state index contributed by atoms with van der Waals surface area (Å²) in [7, 11) is 0. The molecule has 0 spiro atoms. The van der Waals surface area contributed by atoms with Crippen molar-refractivity contribution in [3.63, 3.8) is 0 Å². The first-order chi connectivity index (χ1) is 12.0. The van der Waals surface area contributed by atoms with Crippen LogP contribution in [-0.4, -0.2) is 43.1 Å². The summed E-state index contributed by atoms with van der Waals surface area (Å²) in [5.41, 5.74) is 1.57. The lowest BCUT2D eigenvalue weighted by Gasteiger charge is -2.18. The van der Waals surface area contributed by atoms with Gasteiger partial charge in [-0.05, 0) is 37.3 Å². The van der Waals surface area contributed by atoms with E-state index in [0.29, 0.717) is 17.8 Å². The standard InChI is InChI=1S/C18H18FN3O3/c1-10-13-6-7-22(18(13)21-9-20-10)14-8-15(17(24)16(14)23)25-12-4-2-11(19)3-5-12/h2-7,9,14-17,23-24H,8H2,1H3/t14?,15?,16-,17+/m0/s1. The molecule has 3 aromatic rings. The third-order valence-electron chi connectivity index (χ3n) is 4.77. The Morgan fingerprint density at radius 2 is 1.88 bits per heavy atom. The highest BCUT2D eigenvalue weighted by atomic mass is 19.1. The Balaban J connectivity index is 1.61. The number of aryl methyl sites for hydroxylation is 1. The average molecular weight is 343 g/mol. The van der Waals surface area contributed by atoms with Crippen LogP contribution in [0, 0.1) is 12.7 Å². The number of rotatable bonds is 3. The van der Waals surface area contributed by atoms with Crippen molar-refractivity contribution in [1.82, 2.24) is 14.5 Å². The molecule has 0 amide bonds. The second-order valence-corrected chi connectivity index (χ2v) is 6.31. The predicted octanol–water partition coefficient (Wildman–Crippen LogP) is 1.99. The van der Waals surface area contributed by atoms with Gasteiger partial charge in [0, 0.05) is 18.0 Å². The van der Waals surface area contributed by atoms with E-state index in [9.17, 15) is 14.6 Å². The van der Waals surface area contributed by atoms with Gasteiger partial charge in [0.2, 0.25) is 0 Å². The number of ether oxygens (including phenoxy) is 1. The zero-order valence-electron chi connectivity index (χ0n) is 13.6. The minimum absolute atomic E-state index is 0.355. The fraction of sp³-hybridized carbons (Fsp3) is 0.333. The van der Waals surface area contributed by atoms with Crippen LogP contribution >= 0.6 is 0 Å². The molecule has 1 fully saturated rings. The van der Waals surface area contributed by atoms with Gasteiger partial charge in [0.1, 0.15) is 41.9 Å². The third kappa shape index (κ3) is 2.75. The molecule has 4 atom stereocenters. The number of nitrogens with zero attached hydrogens (tertiary/aromatic N) is 3. The lowest BCUT2D eigenvalue weighted by molar-refractivity contribution is -0.0163. The molecule has 2 heterocycles. The summed E-state index contributed by atoms with van der Waals surface area (Å²) >= 11 is 0. The third-order valence-corrected chi connectivity index (χ3v) is 4.77. The number of fused-ring (bicyclic) bond motifs is 1. The van der Waals surface area contributed by atoms with Crippen LogP contribution < -0.4 is 4.74 Å². The van der Waals surface area contributed by atoms with Crippen molar-refractivity contribution in [3.05, 3.63) is 54.4 Å². The second-order valence-electron chi connectivity index (χ2n) is 6.31. The highest BCUT2D eigenvalue weighted by molar-refractivity contribution is 5.78. The maximum absolute atomic E-state index is 13.0. The number of aromatic nitrogens is 3. The van der Waals surface area contributed by atoms with Crippen LogP contribution in [-0.2, 0) is 0 Å². The zero-order valence-corrected chi connectivity index (χ0v) is 13.6. The van der Waals surface area contributed by atoms with Gasteiger partial charge in [-0.1, -0.05) is 0 Å². The van der Waals surface area contributed by atoms with Crippen LogP contribution in [0.4, 0.5) is 4.39 Å². The molecule has 7 heteroatoms. The summed E-state index contributed by atoms with van der Waals surface area (Å²) in [4.78, 5) is 8.47. The van der Waals surface area contributed by atoms with Gasteiger partial charge in [0.15, 0.2) is 0 Å². The molecule has 1 aromatic carbocycles. The summed E-state index contributed by atoms with van der Waals surface area (Å²) in [6.07, 6.45) is 1.11. The van der Waals surface area contributed by atoms with Crippen LogP contribution in [0.1, 0.15) is 18.2 Å². The number of hydrogen-bond donors (Lipinski definition) is 2. The highest BCUT2D eigenvalue weighted by Gasteiger charge is 2.44. The normalized spacial score (nSPS) is 26.2. The molecular weight excluding hydrogens is 325 g/mol. The Bertz CT molecular complexity index is 896. The largest absolute Gasteiger partial charge is 0.488 e. The molecule has 0 radical (unpaired) electrons. The van der Waals surface area contributed by atoms with Crippen LogP contribution in [0.15, 0.2) is 42.9 Å². The highest BCUT2D eigenvalue weighted by Crippen LogP contribution is 2.35. The quantitative estimate of drug-likeness (QED) is 0.760. The molecule has 0 bridgehead atoms. The van der Waals surface area contributed by atoms with Crippen molar-refractivity contribution in [2.24, 2.45) is 0 Å². The number of aliphatic hydroxyl groups is 2. The molecular formula is C18H18FN3O3. The van der Waals surface area contributed by atoms with Crippen LogP contribution in [0.25, 0.3) is 11.0 Å². The van der Waals surface area contributed by atoms with E-state index in [-0.39, 0.29) is 11.9 Å². The Labute approximate surface area is 143 Å². The second kappa shape index (κ2) is 6.09. The van der Waals surface area contributed by atoms with Crippen LogP contribution in [0.3, 0.4) is 0 Å². The molecule has 0 saturated heterocycles. The fourth-order valence-electron chi connectivity index (χ4n) is 3.41. The van der Waals surface area contributed by atoms with Gasteiger partial charge in [0.05, 0.1) is 11.7 Å². The van der Waals surface area contributed by atoms with Gasteiger partial charge in [-0.3, -0.25) is 0 Å². The number of aliphatic hydroxyl groups excluding tert-OH is 2. The molecule has 1 aliphatic rings. The van der Waals surface area contributed by atoms with Crippen molar-refractivity contribution in [2.45, 2.75) is 37.7 Å². The summed E-state index contributed by atoms with van der Waals surface area (Å²) in [6.45, 7) is 1.90. The van der Waals surface area contributed by atoms with Crippen molar-refractivity contribution in [2.75, 3.05) is 0 Å². The first-order valence-corrected chi connectivity index (χ1v) is 8.11. The molecule has 2 unspecified atom stereocenters. The maximum Gasteiger partial charge on any atom is 0.143 e. The first kappa shape index (κ1) is 16.0. The van der Waals surface area contributed by atoms with Crippen molar-refractivity contribution in [1.29, 1.82) is 0 Å². The van der Waals surface area contributed by atoms with E-state index in [1.807, 2.05) is 23.8 Å². The lowest BCUT2D eigenvalue weighted by atomic mass is 10.2. The van der Waals surface area contributed by atoms with Gasteiger partial charge in [-0.25, -0.2) is 14.4 Å². The summed E-state index contributed by atoms with van der Waals surface area (Å²) in [5.74, 6) is 0.0972. The number of halogens is 1. The topological polar surface area (TPSA) is 80.4 Å². The molecule has 2 aromatic heterocycles. The Kier molecular flexibility index (Phi) is 3.89. The Morgan fingerprint density at radius 1 is 1.12 bits per heavy atom. The number of benzene rings is 1. The van der Waals surface area contributed by atoms with E-state index < -0.39 is 18.3 Å². The fourth-order valence-corrected chi connectivity index (χ4v) is 3.41. The van der Waals surface area contributed by atoms with E-state index >= 15 is 0 Å². The SMILES string of the molecule is Cc1ncnc2c1ccn2C1CC(Oc2ccc(F)cc2)[C@@H](O)[C@H]1O. The van der Waals surface area contributed by atoms with E-state index in [0.717, 1.165) is 11.1 Å². The van der Waals surface area contributed by atoms with Crippen LogP contribution in [0.5, 0.6) is 5.75 Å². The van der Waals surface area contributed by atoms with Crippen molar-refractivity contribution >= 4 is 11.0 Å². The van der Waals surface area contributed by atoms with E-state index in [4.69, 9.17) is 4.74 Å². The summed E-state index contributed by atoms with van der Waals surface area (Å²) in [5, 5.41) is 21.8. The molecule has 130 valence electrons. The number of hydrogen-bond acceptors (Lipinski definition) is 5. The molecule has 1 saturated carbocycles. The van der Waals surface area contributed by atoms with Gasteiger partial charge in [0.25, 0.3) is 0 Å². The lowest BCUT2D eigenvalue weighted by Crippen LogP contribution is -2.34. The van der Waals surface area contributed by atoms with Crippen LogP contribution in [0.2, 0.25) is 0 Å². The van der Waals surface area contributed by atoms with Gasteiger partial charge < -0.3 is 19.5 Å². The van der Waals surface area contributed by atoms with Gasteiger partial charge in [-0.15, -0.1) is 0 Å². The minimum Gasteiger partial charge on any atom is -0.488 e. The molecule has 2 N–H and O–H groups in total. The Morgan fingerprint density at radius 3 is 2.64 bits per heavy atom. The summed E-state index contributed by atoms with van der Waals surface area (Å²) in [6, 6.07) is 7.13. The zero-order chi connectivity index (χ0) is 17.6. The molecule has 1 aliphatic carbocycles. The van der Waals surface area contributed by atoms with Gasteiger partial charge in [-0.2, -0.15) is 0 Å². The van der Waals surface area contributed by atoms with Crippen molar-refractivity contribution in [3.8, 4) is 5.75 Å². The smallest absolute Gasteiger partial charge is 0.143 e. The average Bonchev–Trinajstić information content (AvgIpc) is 3.14. The van der Waals surface area contributed by atoms with E-state index in [1.165, 1.54) is 30.6 Å². The minimum atomic E-state index is -1.05. The first-order valence-electron chi connectivity index (χ1n) is 8.11. The Hall–Kier alpha value is -2.51. The molecule has 6 nitrogen and oxygen atoms in total. The monoisotopic (exact) mass is 343 g/mol. The molecule has 0 aliphatic heterocycles.